The van der Waals surface area contributed by atoms with Crippen LogP contribution in [0.3, 0.4) is 0 Å². The molecule has 0 unspecified atom stereocenters. The number of rotatable bonds is 7. The molecule has 7 heteroatoms. The first-order valence-electron chi connectivity index (χ1n) is 7.95. The van der Waals surface area contributed by atoms with Crippen molar-refractivity contribution in [3.8, 4) is 0 Å². The van der Waals surface area contributed by atoms with E-state index < -0.39 is 4.92 Å². The number of aromatic nitrogens is 2. The van der Waals surface area contributed by atoms with E-state index >= 15 is 0 Å². The monoisotopic (exact) mass is 329 g/mol. The number of nitrogens with zero attached hydrogens (tertiary/aromatic N) is 3. The number of hydrogen-bond donors (Lipinski definition) is 2. The van der Waals surface area contributed by atoms with E-state index in [-0.39, 0.29) is 17.3 Å². The van der Waals surface area contributed by atoms with Crippen molar-refractivity contribution in [3.05, 3.63) is 45.8 Å². The first kappa shape index (κ1) is 17.7. The van der Waals surface area contributed by atoms with Gasteiger partial charge in [-0.05, 0) is 49.4 Å². The van der Waals surface area contributed by atoms with Crippen LogP contribution in [-0.4, -0.2) is 21.4 Å². The first-order chi connectivity index (χ1) is 11.4. The highest BCUT2D eigenvalue weighted by Crippen LogP contribution is 2.31. The maximum atomic E-state index is 11.5. The van der Waals surface area contributed by atoms with Gasteiger partial charge in [0.1, 0.15) is 6.33 Å². The molecule has 7 nitrogen and oxygen atoms in total. The van der Waals surface area contributed by atoms with Crippen LogP contribution in [0.2, 0.25) is 0 Å². The molecule has 2 N–H and O–H groups in total. The van der Waals surface area contributed by atoms with Crippen molar-refractivity contribution >= 4 is 23.0 Å². The van der Waals surface area contributed by atoms with Crippen molar-refractivity contribution in [2.45, 2.75) is 34.1 Å². The molecule has 0 saturated carbocycles. The standard InChI is InChI=1S/C17H23N5O2/c1-11(2)5-6-18-16-15(22(23)24)17(20-10-19-16)21-14-8-12(3)7-13(4)9-14/h7-11H,5-6H2,1-4H3,(H2,18,19,20,21). The molecule has 0 fully saturated rings. The van der Waals surface area contributed by atoms with E-state index in [0.29, 0.717) is 12.5 Å². The molecule has 2 aromatic rings. The minimum Gasteiger partial charge on any atom is -0.364 e. The van der Waals surface area contributed by atoms with E-state index in [1.54, 1.807) is 0 Å². The van der Waals surface area contributed by atoms with Gasteiger partial charge in [-0.25, -0.2) is 9.97 Å². The Morgan fingerprint density at radius 3 is 2.33 bits per heavy atom. The van der Waals surface area contributed by atoms with E-state index in [4.69, 9.17) is 0 Å². The maximum Gasteiger partial charge on any atom is 0.353 e. The molecule has 0 atom stereocenters. The minimum absolute atomic E-state index is 0.139. The fraction of sp³-hybridized carbons (Fsp3) is 0.412. The molecule has 0 spiro atoms. The largest absolute Gasteiger partial charge is 0.364 e. The van der Waals surface area contributed by atoms with Gasteiger partial charge in [-0.2, -0.15) is 0 Å². The predicted octanol–water partition coefficient (Wildman–Crippen LogP) is 4.20. The number of hydrogen-bond acceptors (Lipinski definition) is 6. The lowest BCUT2D eigenvalue weighted by Crippen LogP contribution is -2.10. The minimum atomic E-state index is -0.456. The van der Waals surface area contributed by atoms with E-state index in [0.717, 1.165) is 23.2 Å². The number of anilines is 3. The van der Waals surface area contributed by atoms with Gasteiger partial charge in [-0.1, -0.05) is 19.9 Å². The second-order valence-corrected chi connectivity index (χ2v) is 6.29. The van der Waals surface area contributed by atoms with E-state index in [1.807, 2.05) is 32.0 Å². The lowest BCUT2D eigenvalue weighted by Gasteiger charge is -2.11. The summed E-state index contributed by atoms with van der Waals surface area (Å²) in [5.41, 5.74) is 2.77. The fourth-order valence-corrected chi connectivity index (χ4v) is 2.44. The molecule has 128 valence electrons. The van der Waals surface area contributed by atoms with Crippen LogP contribution in [-0.2, 0) is 0 Å². The van der Waals surface area contributed by atoms with Crippen molar-refractivity contribution in [1.29, 1.82) is 0 Å². The second-order valence-electron chi connectivity index (χ2n) is 6.29. The third-order valence-corrected chi connectivity index (χ3v) is 3.50. The van der Waals surface area contributed by atoms with Crippen LogP contribution in [0.1, 0.15) is 31.4 Å². The molecule has 0 saturated heterocycles. The van der Waals surface area contributed by atoms with E-state index in [2.05, 4.69) is 34.4 Å². The molecule has 0 bridgehead atoms. The van der Waals surface area contributed by atoms with Crippen LogP contribution in [0.4, 0.5) is 23.0 Å². The van der Waals surface area contributed by atoms with Gasteiger partial charge in [0.15, 0.2) is 0 Å². The summed E-state index contributed by atoms with van der Waals surface area (Å²) in [4.78, 5) is 19.1. The van der Waals surface area contributed by atoms with Crippen LogP contribution < -0.4 is 10.6 Å². The zero-order chi connectivity index (χ0) is 17.7. The topological polar surface area (TPSA) is 93.0 Å². The molecule has 0 aliphatic rings. The summed E-state index contributed by atoms with van der Waals surface area (Å²) < 4.78 is 0. The average molecular weight is 329 g/mol. The number of aryl methyl sites for hydroxylation is 2. The highest BCUT2D eigenvalue weighted by molar-refractivity contribution is 5.74. The molecule has 0 aliphatic carbocycles. The number of benzene rings is 1. The second kappa shape index (κ2) is 7.72. The molecular weight excluding hydrogens is 306 g/mol. The molecule has 24 heavy (non-hydrogen) atoms. The first-order valence-corrected chi connectivity index (χ1v) is 7.95. The molecule has 1 aromatic carbocycles. The van der Waals surface area contributed by atoms with Gasteiger partial charge in [-0.15, -0.1) is 0 Å². The van der Waals surface area contributed by atoms with E-state index in [9.17, 15) is 10.1 Å². The zero-order valence-corrected chi connectivity index (χ0v) is 14.5. The predicted molar refractivity (Wildman–Crippen MR) is 95.8 cm³/mol. The fourth-order valence-electron chi connectivity index (χ4n) is 2.44. The van der Waals surface area contributed by atoms with Gasteiger partial charge in [0.05, 0.1) is 4.92 Å². The van der Waals surface area contributed by atoms with Crippen molar-refractivity contribution in [3.63, 3.8) is 0 Å². The van der Waals surface area contributed by atoms with Gasteiger partial charge in [0.25, 0.3) is 0 Å². The molecule has 2 rings (SSSR count). The molecule has 1 heterocycles. The Hall–Kier alpha value is -2.70. The van der Waals surface area contributed by atoms with Crippen LogP contribution in [0.5, 0.6) is 0 Å². The van der Waals surface area contributed by atoms with Crippen LogP contribution in [0.15, 0.2) is 24.5 Å². The Kier molecular flexibility index (Phi) is 5.68. The van der Waals surface area contributed by atoms with Gasteiger partial charge in [-0.3, -0.25) is 10.1 Å². The van der Waals surface area contributed by atoms with Gasteiger partial charge in [0.2, 0.25) is 11.6 Å². The van der Waals surface area contributed by atoms with Crippen LogP contribution in [0, 0.1) is 29.9 Å². The van der Waals surface area contributed by atoms with Crippen molar-refractivity contribution in [2.24, 2.45) is 5.92 Å². The van der Waals surface area contributed by atoms with E-state index in [1.165, 1.54) is 6.33 Å². The highest BCUT2D eigenvalue weighted by atomic mass is 16.6. The average Bonchev–Trinajstić information content (AvgIpc) is 2.45. The highest BCUT2D eigenvalue weighted by Gasteiger charge is 2.23. The molecule has 0 amide bonds. The Morgan fingerprint density at radius 1 is 1.12 bits per heavy atom. The Morgan fingerprint density at radius 2 is 1.75 bits per heavy atom. The molecule has 0 radical (unpaired) electrons. The summed E-state index contributed by atoms with van der Waals surface area (Å²) in [5, 5.41) is 17.6. The number of nitrogens with one attached hydrogen (secondary N) is 2. The lowest BCUT2D eigenvalue weighted by atomic mass is 10.1. The molecular formula is C17H23N5O2. The zero-order valence-electron chi connectivity index (χ0n) is 14.5. The lowest BCUT2D eigenvalue weighted by molar-refractivity contribution is -0.383. The van der Waals surface area contributed by atoms with Gasteiger partial charge >= 0.3 is 5.69 Å². The van der Waals surface area contributed by atoms with Crippen molar-refractivity contribution in [1.82, 2.24) is 9.97 Å². The summed E-state index contributed by atoms with van der Waals surface area (Å²) in [6, 6.07) is 5.88. The summed E-state index contributed by atoms with van der Waals surface area (Å²) >= 11 is 0. The van der Waals surface area contributed by atoms with Gasteiger partial charge in [0, 0.05) is 12.2 Å². The summed E-state index contributed by atoms with van der Waals surface area (Å²) in [6.07, 6.45) is 2.23. The molecule has 0 aliphatic heterocycles. The Bertz CT molecular complexity index is 711. The smallest absolute Gasteiger partial charge is 0.353 e. The van der Waals surface area contributed by atoms with Gasteiger partial charge < -0.3 is 10.6 Å². The number of nitro groups is 1. The third kappa shape index (κ3) is 4.65. The quantitative estimate of drug-likeness (QED) is 0.584. The summed E-state index contributed by atoms with van der Waals surface area (Å²) in [7, 11) is 0. The van der Waals surface area contributed by atoms with Crippen LogP contribution in [0.25, 0.3) is 0 Å². The Labute approximate surface area is 141 Å². The summed E-state index contributed by atoms with van der Waals surface area (Å²) in [5.74, 6) is 0.931. The third-order valence-electron chi connectivity index (χ3n) is 3.50. The molecule has 1 aromatic heterocycles. The summed E-state index contributed by atoms with van der Waals surface area (Å²) in [6.45, 7) is 8.78. The Balaban J connectivity index is 2.30. The normalized spacial score (nSPS) is 10.7. The van der Waals surface area contributed by atoms with Crippen LogP contribution >= 0.6 is 0 Å². The van der Waals surface area contributed by atoms with Crippen molar-refractivity contribution < 1.29 is 4.92 Å². The maximum absolute atomic E-state index is 11.5. The van der Waals surface area contributed by atoms with Crippen molar-refractivity contribution in [2.75, 3.05) is 17.2 Å². The SMILES string of the molecule is Cc1cc(C)cc(Nc2ncnc(NCCC(C)C)c2[N+](=O)[O-])c1.